The largest absolute Gasteiger partial charge is 0.394 e. The Morgan fingerprint density at radius 1 is 1.18 bits per heavy atom. The molecule has 0 bridgehead atoms. The third-order valence-electron chi connectivity index (χ3n) is 1.44. The molecule has 0 aromatic rings. The standard InChI is InChI=1S/C6H14O5/c1-11-5(3-8)6(10)4(9)2-7/h4-10H,2-3H2,1H3/t4-,5+,6-/m1/s1. The van der Waals surface area contributed by atoms with E-state index in [-0.39, 0.29) is 0 Å². The Bertz CT molecular complexity index is 93.0. The van der Waals surface area contributed by atoms with Crippen LogP contribution < -0.4 is 0 Å². The predicted octanol–water partition coefficient (Wildman–Crippen LogP) is -2.29. The van der Waals surface area contributed by atoms with E-state index in [2.05, 4.69) is 4.74 Å². The second-order valence-corrected chi connectivity index (χ2v) is 2.20. The minimum Gasteiger partial charge on any atom is -0.394 e. The summed E-state index contributed by atoms with van der Waals surface area (Å²) in [6.45, 7) is -0.949. The van der Waals surface area contributed by atoms with E-state index in [1.54, 1.807) is 0 Å². The van der Waals surface area contributed by atoms with E-state index >= 15 is 0 Å². The Kier molecular flexibility index (Phi) is 5.35. The number of aliphatic hydroxyl groups excluding tert-OH is 4. The van der Waals surface area contributed by atoms with Crippen molar-refractivity contribution in [3.05, 3.63) is 0 Å². The number of rotatable bonds is 5. The van der Waals surface area contributed by atoms with Crippen LogP contribution in [-0.2, 0) is 4.74 Å². The van der Waals surface area contributed by atoms with Crippen LogP contribution in [0.1, 0.15) is 0 Å². The van der Waals surface area contributed by atoms with Crippen molar-refractivity contribution < 1.29 is 25.2 Å². The molecule has 0 aromatic carbocycles. The first kappa shape index (κ1) is 10.8. The molecule has 0 aromatic heterocycles. The van der Waals surface area contributed by atoms with Crippen LogP contribution in [-0.4, -0.2) is 59.1 Å². The van der Waals surface area contributed by atoms with E-state index in [1.807, 2.05) is 0 Å². The van der Waals surface area contributed by atoms with E-state index in [0.29, 0.717) is 0 Å². The van der Waals surface area contributed by atoms with Gasteiger partial charge in [-0.15, -0.1) is 0 Å². The van der Waals surface area contributed by atoms with Gasteiger partial charge in [0.2, 0.25) is 0 Å². The molecule has 5 nitrogen and oxygen atoms in total. The number of ether oxygens (including phenoxy) is 1. The van der Waals surface area contributed by atoms with E-state index in [0.717, 1.165) is 0 Å². The fraction of sp³-hybridized carbons (Fsp3) is 1.00. The van der Waals surface area contributed by atoms with Gasteiger partial charge in [-0.1, -0.05) is 0 Å². The lowest BCUT2D eigenvalue weighted by atomic mass is 10.1. The monoisotopic (exact) mass is 166 g/mol. The van der Waals surface area contributed by atoms with Gasteiger partial charge in [0.05, 0.1) is 13.2 Å². The minimum absolute atomic E-state index is 0.394. The van der Waals surface area contributed by atoms with Crippen LogP contribution in [0, 0.1) is 0 Å². The molecule has 0 amide bonds. The van der Waals surface area contributed by atoms with Crippen LogP contribution in [0.15, 0.2) is 0 Å². The molecule has 0 fully saturated rings. The third kappa shape index (κ3) is 3.13. The highest BCUT2D eigenvalue weighted by Crippen LogP contribution is 2.02. The molecule has 68 valence electrons. The van der Waals surface area contributed by atoms with Crippen LogP contribution in [0.25, 0.3) is 0 Å². The molecule has 0 spiro atoms. The van der Waals surface area contributed by atoms with Crippen molar-refractivity contribution in [2.24, 2.45) is 0 Å². The van der Waals surface area contributed by atoms with Crippen LogP contribution in [0.5, 0.6) is 0 Å². The minimum atomic E-state index is -1.27. The molecule has 0 heterocycles. The number of hydrogen-bond acceptors (Lipinski definition) is 5. The summed E-state index contributed by atoms with van der Waals surface area (Å²) in [5.74, 6) is 0. The molecule has 0 aliphatic carbocycles. The third-order valence-corrected chi connectivity index (χ3v) is 1.44. The topological polar surface area (TPSA) is 90.2 Å². The maximum absolute atomic E-state index is 9.08. The van der Waals surface area contributed by atoms with Gasteiger partial charge in [-0.05, 0) is 0 Å². The summed E-state index contributed by atoms with van der Waals surface area (Å²) in [5.41, 5.74) is 0. The zero-order valence-corrected chi connectivity index (χ0v) is 6.34. The quantitative estimate of drug-likeness (QED) is 0.369. The van der Waals surface area contributed by atoms with Gasteiger partial charge in [0.15, 0.2) is 0 Å². The smallest absolute Gasteiger partial charge is 0.110 e. The molecule has 0 unspecified atom stereocenters. The summed E-state index contributed by atoms with van der Waals surface area (Å²) in [4.78, 5) is 0. The summed E-state index contributed by atoms with van der Waals surface area (Å²) in [6.07, 6.45) is -3.38. The van der Waals surface area contributed by atoms with Crippen molar-refractivity contribution in [2.75, 3.05) is 20.3 Å². The lowest BCUT2D eigenvalue weighted by Crippen LogP contribution is -2.42. The highest BCUT2D eigenvalue weighted by molar-refractivity contribution is 4.74. The van der Waals surface area contributed by atoms with Crippen molar-refractivity contribution in [1.29, 1.82) is 0 Å². The zero-order chi connectivity index (χ0) is 8.85. The highest BCUT2D eigenvalue weighted by atomic mass is 16.5. The van der Waals surface area contributed by atoms with Crippen LogP contribution in [0.3, 0.4) is 0 Å². The molecule has 11 heavy (non-hydrogen) atoms. The molecule has 0 saturated heterocycles. The average molecular weight is 166 g/mol. The van der Waals surface area contributed by atoms with Crippen LogP contribution in [0.2, 0.25) is 0 Å². The van der Waals surface area contributed by atoms with E-state index in [9.17, 15) is 0 Å². The van der Waals surface area contributed by atoms with Crippen molar-refractivity contribution in [1.82, 2.24) is 0 Å². The number of methoxy groups -OCH3 is 1. The molecule has 0 aliphatic heterocycles. The van der Waals surface area contributed by atoms with Crippen LogP contribution in [0.4, 0.5) is 0 Å². The van der Waals surface area contributed by atoms with Gasteiger partial charge >= 0.3 is 0 Å². The van der Waals surface area contributed by atoms with Gasteiger partial charge in [0.1, 0.15) is 18.3 Å². The average Bonchev–Trinajstić information content (AvgIpc) is 2.05. The molecule has 0 saturated carbocycles. The lowest BCUT2D eigenvalue weighted by Gasteiger charge is -2.22. The van der Waals surface area contributed by atoms with Gasteiger partial charge in [0, 0.05) is 7.11 Å². The van der Waals surface area contributed by atoms with Crippen molar-refractivity contribution in [3.8, 4) is 0 Å². The van der Waals surface area contributed by atoms with Gasteiger partial charge in [0.25, 0.3) is 0 Å². The van der Waals surface area contributed by atoms with E-state index < -0.39 is 31.5 Å². The van der Waals surface area contributed by atoms with Crippen molar-refractivity contribution in [3.63, 3.8) is 0 Å². The highest BCUT2D eigenvalue weighted by Gasteiger charge is 2.24. The second-order valence-electron chi connectivity index (χ2n) is 2.20. The summed E-state index contributed by atoms with van der Waals surface area (Å²) in [5, 5.41) is 34.9. The Morgan fingerprint density at radius 2 is 1.73 bits per heavy atom. The fourth-order valence-electron chi connectivity index (χ4n) is 0.678. The van der Waals surface area contributed by atoms with E-state index in [4.69, 9.17) is 20.4 Å². The molecule has 3 atom stereocenters. The SMILES string of the molecule is CO[C@@H](CO)[C@H](O)[C@H](O)CO. The van der Waals surface area contributed by atoms with E-state index in [1.165, 1.54) is 7.11 Å². The first-order chi connectivity index (χ1) is 5.17. The number of aliphatic hydroxyl groups is 4. The van der Waals surface area contributed by atoms with Gasteiger partial charge < -0.3 is 25.2 Å². The summed E-state index contributed by atoms with van der Waals surface area (Å²) in [6, 6.07) is 0. The van der Waals surface area contributed by atoms with Gasteiger partial charge in [-0.2, -0.15) is 0 Å². The predicted molar refractivity (Wildman–Crippen MR) is 37.0 cm³/mol. The summed E-state index contributed by atoms with van der Waals surface area (Å²) < 4.78 is 4.61. The van der Waals surface area contributed by atoms with Crippen molar-refractivity contribution in [2.45, 2.75) is 18.3 Å². The Morgan fingerprint density at radius 3 is 2.00 bits per heavy atom. The number of hydrogen-bond donors (Lipinski definition) is 4. The molecule has 0 aliphatic rings. The Balaban J connectivity index is 3.86. The second kappa shape index (κ2) is 5.45. The molecule has 0 radical (unpaired) electrons. The maximum Gasteiger partial charge on any atom is 0.110 e. The normalized spacial score (nSPS) is 19.4. The zero-order valence-electron chi connectivity index (χ0n) is 6.34. The lowest BCUT2D eigenvalue weighted by molar-refractivity contribution is -0.104. The van der Waals surface area contributed by atoms with Gasteiger partial charge in [-0.25, -0.2) is 0 Å². The maximum atomic E-state index is 9.08. The Hall–Kier alpha value is -0.200. The summed E-state index contributed by atoms with van der Waals surface area (Å²) in [7, 11) is 1.30. The molecular weight excluding hydrogens is 152 g/mol. The fourth-order valence-corrected chi connectivity index (χ4v) is 0.678. The first-order valence-corrected chi connectivity index (χ1v) is 3.28. The van der Waals surface area contributed by atoms with Gasteiger partial charge in [-0.3, -0.25) is 0 Å². The molecule has 4 N–H and O–H groups in total. The molecule has 5 heteroatoms. The summed E-state index contributed by atoms with van der Waals surface area (Å²) >= 11 is 0. The molecule has 0 rings (SSSR count). The first-order valence-electron chi connectivity index (χ1n) is 3.28. The Labute approximate surface area is 64.9 Å². The van der Waals surface area contributed by atoms with Crippen molar-refractivity contribution >= 4 is 0 Å². The molecular formula is C6H14O5. The van der Waals surface area contributed by atoms with Crippen LogP contribution >= 0.6 is 0 Å².